The first-order chi connectivity index (χ1) is 26.1. The van der Waals surface area contributed by atoms with Crippen molar-refractivity contribution in [1.82, 2.24) is 0 Å². The Hall–Kier alpha value is -7.04. The first-order valence-corrected chi connectivity index (χ1v) is 17.7. The van der Waals surface area contributed by atoms with E-state index in [1.54, 1.807) is 0 Å². The highest BCUT2D eigenvalue weighted by Gasteiger charge is 2.46. The van der Waals surface area contributed by atoms with Crippen molar-refractivity contribution in [3.8, 4) is 56.4 Å². The molecule has 0 atom stereocenters. The number of ether oxygens (including phenoxy) is 2. The van der Waals surface area contributed by atoms with Gasteiger partial charge >= 0.3 is 0 Å². The van der Waals surface area contributed by atoms with E-state index in [9.17, 15) is 0 Å². The average molecular weight is 685 g/mol. The normalized spacial score (nSPS) is 12.5. The average Bonchev–Trinajstić information content (AvgIpc) is 3.50. The lowest BCUT2D eigenvalue weighted by atomic mass is 9.67. The minimum absolute atomic E-state index is 0.649. The van der Waals surface area contributed by atoms with Crippen LogP contribution in [0.2, 0.25) is 0 Å². The summed E-state index contributed by atoms with van der Waals surface area (Å²) in [5, 5.41) is 0. The van der Waals surface area contributed by atoms with E-state index in [0.717, 1.165) is 44.9 Å². The quantitative estimate of drug-likeness (QED) is 0.156. The SMILES string of the molecule is Nc1cccc(Oc2ccc(C3(c4ccc(Oc5cccc(N)c5)c(-c5ccccc5)c4)c4ccccc4-c4ccccc43)cc2-c2ccccc2)c1. The highest BCUT2D eigenvalue weighted by molar-refractivity contribution is 5.88. The Morgan fingerprint density at radius 1 is 0.340 bits per heavy atom. The van der Waals surface area contributed by atoms with Gasteiger partial charge < -0.3 is 20.9 Å². The molecule has 0 spiro atoms. The van der Waals surface area contributed by atoms with Gasteiger partial charge in [-0.1, -0.05) is 133 Å². The summed E-state index contributed by atoms with van der Waals surface area (Å²) in [4.78, 5) is 0. The molecule has 4 heteroatoms. The highest BCUT2D eigenvalue weighted by Crippen LogP contribution is 2.57. The molecule has 8 aromatic carbocycles. The fraction of sp³-hybridized carbons (Fsp3) is 0.0204. The fourth-order valence-electron chi connectivity index (χ4n) is 7.82. The molecule has 1 aliphatic carbocycles. The van der Waals surface area contributed by atoms with Crippen LogP contribution in [-0.4, -0.2) is 0 Å². The zero-order chi connectivity index (χ0) is 35.8. The smallest absolute Gasteiger partial charge is 0.135 e. The summed E-state index contributed by atoms with van der Waals surface area (Å²) < 4.78 is 13.2. The summed E-state index contributed by atoms with van der Waals surface area (Å²) in [5.41, 5.74) is 24.1. The highest BCUT2D eigenvalue weighted by atomic mass is 16.5. The molecule has 0 fully saturated rings. The van der Waals surface area contributed by atoms with Gasteiger partial charge in [0.2, 0.25) is 0 Å². The second kappa shape index (κ2) is 13.3. The molecule has 0 aliphatic heterocycles. The number of hydrogen-bond acceptors (Lipinski definition) is 4. The Balaban J connectivity index is 1.32. The van der Waals surface area contributed by atoms with Crippen molar-refractivity contribution in [2.24, 2.45) is 0 Å². The van der Waals surface area contributed by atoms with E-state index in [0.29, 0.717) is 22.9 Å². The lowest BCUT2D eigenvalue weighted by Gasteiger charge is -2.35. The van der Waals surface area contributed by atoms with E-state index >= 15 is 0 Å². The molecule has 0 bridgehead atoms. The number of nitrogen functional groups attached to an aromatic ring is 2. The van der Waals surface area contributed by atoms with Crippen LogP contribution < -0.4 is 20.9 Å². The molecule has 4 N–H and O–H groups in total. The minimum Gasteiger partial charge on any atom is -0.457 e. The molecular formula is C49H36N2O2. The monoisotopic (exact) mass is 684 g/mol. The molecule has 0 saturated heterocycles. The molecule has 0 heterocycles. The number of anilines is 2. The zero-order valence-electron chi connectivity index (χ0n) is 28.9. The van der Waals surface area contributed by atoms with Gasteiger partial charge in [0.15, 0.2) is 0 Å². The third-order valence-corrected chi connectivity index (χ3v) is 10.1. The molecule has 254 valence electrons. The Morgan fingerprint density at radius 3 is 1.19 bits per heavy atom. The van der Waals surface area contributed by atoms with Crippen LogP contribution in [0.4, 0.5) is 11.4 Å². The van der Waals surface area contributed by atoms with Crippen molar-refractivity contribution in [2.75, 3.05) is 11.5 Å². The number of hydrogen-bond donors (Lipinski definition) is 2. The topological polar surface area (TPSA) is 70.5 Å². The molecule has 4 nitrogen and oxygen atoms in total. The Bertz CT molecular complexity index is 2420. The minimum atomic E-state index is -0.675. The van der Waals surface area contributed by atoms with Crippen molar-refractivity contribution >= 4 is 11.4 Å². The second-order valence-electron chi connectivity index (χ2n) is 13.3. The lowest BCUT2D eigenvalue weighted by molar-refractivity contribution is 0.484. The summed E-state index contributed by atoms with van der Waals surface area (Å²) in [6.07, 6.45) is 0. The van der Waals surface area contributed by atoms with E-state index in [4.69, 9.17) is 20.9 Å². The largest absolute Gasteiger partial charge is 0.457 e. The molecular weight excluding hydrogens is 649 g/mol. The Kier molecular flexibility index (Phi) is 7.98. The fourth-order valence-corrected chi connectivity index (χ4v) is 7.82. The molecule has 0 amide bonds. The van der Waals surface area contributed by atoms with Gasteiger partial charge in [-0.3, -0.25) is 0 Å². The number of benzene rings is 8. The van der Waals surface area contributed by atoms with Crippen molar-refractivity contribution in [1.29, 1.82) is 0 Å². The van der Waals surface area contributed by atoms with E-state index in [1.165, 1.54) is 22.3 Å². The predicted molar refractivity (Wildman–Crippen MR) is 216 cm³/mol. The molecule has 8 aromatic rings. The predicted octanol–water partition coefficient (Wildman–Crippen LogP) is 12.1. The van der Waals surface area contributed by atoms with Crippen molar-refractivity contribution in [3.63, 3.8) is 0 Å². The van der Waals surface area contributed by atoms with E-state index in [2.05, 4.69) is 133 Å². The van der Waals surface area contributed by atoms with Gasteiger partial charge in [-0.15, -0.1) is 0 Å². The van der Waals surface area contributed by atoms with Crippen LogP contribution in [0.1, 0.15) is 22.3 Å². The van der Waals surface area contributed by atoms with Gasteiger partial charge in [-0.2, -0.15) is 0 Å². The van der Waals surface area contributed by atoms with E-state index in [-0.39, 0.29) is 0 Å². The van der Waals surface area contributed by atoms with Crippen LogP contribution in [0.5, 0.6) is 23.0 Å². The number of nitrogens with two attached hydrogens (primary N) is 2. The van der Waals surface area contributed by atoms with Gasteiger partial charge in [0.25, 0.3) is 0 Å². The van der Waals surface area contributed by atoms with Crippen LogP contribution in [0, 0.1) is 0 Å². The van der Waals surface area contributed by atoms with E-state index < -0.39 is 5.41 Å². The van der Waals surface area contributed by atoms with Crippen molar-refractivity contribution in [2.45, 2.75) is 5.41 Å². The third-order valence-electron chi connectivity index (χ3n) is 10.1. The van der Waals surface area contributed by atoms with Crippen LogP contribution in [0.3, 0.4) is 0 Å². The molecule has 0 radical (unpaired) electrons. The Labute approximate surface area is 309 Å². The van der Waals surface area contributed by atoms with Crippen LogP contribution in [0.25, 0.3) is 33.4 Å². The van der Waals surface area contributed by atoms with Gasteiger partial charge in [0.1, 0.15) is 23.0 Å². The lowest BCUT2D eigenvalue weighted by Crippen LogP contribution is -2.28. The molecule has 9 rings (SSSR count). The summed E-state index contributed by atoms with van der Waals surface area (Å²) in [5.74, 6) is 2.86. The van der Waals surface area contributed by atoms with Crippen LogP contribution >= 0.6 is 0 Å². The molecule has 1 aliphatic rings. The van der Waals surface area contributed by atoms with Gasteiger partial charge in [-0.05, 0) is 93.0 Å². The maximum atomic E-state index is 6.59. The summed E-state index contributed by atoms with van der Waals surface area (Å²) in [6.45, 7) is 0. The second-order valence-corrected chi connectivity index (χ2v) is 13.3. The number of rotatable bonds is 8. The Morgan fingerprint density at radius 2 is 0.755 bits per heavy atom. The van der Waals surface area contributed by atoms with Crippen molar-refractivity contribution < 1.29 is 9.47 Å². The van der Waals surface area contributed by atoms with Gasteiger partial charge in [0, 0.05) is 34.6 Å². The molecule has 53 heavy (non-hydrogen) atoms. The third kappa shape index (κ3) is 5.67. The number of fused-ring (bicyclic) bond motifs is 3. The van der Waals surface area contributed by atoms with Crippen LogP contribution in [-0.2, 0) is 5.41 Å². The summed E-state index contributed by atoms with van der Waals surface area (Å²) >= 11 is 0. The first-order valence-electron chi connectivity index (χ1n) is 17.7. The molecule has 0 aromatic heterocycles. The maximum Gasteiger partial charge on any atom is 0.135 e. The first kappa shape index (κ1) is 31.9. The summed E-state index contributed by atoms with van der Waals surface area (Å²) in [6, 6.07) is 66.7. The van der Waals surface area contributed by atoms with Gasteiger partial charge in [0.05, 0.1) is 5.41 Å². The van der Waals surface area contributed by atoms with Crippen molar-refractivity contribution in [3.05, 3.63) is 216 Å². The molecule has 0 saturated carbocycles. The summed E-state index contributed by atoms with van der Waals surface area (Å²) in [7, 11) is 0. The zero-order valence-corrected chi connectivity index (χ0v) is 28.9. The van der Waals surface area contributed by atoms with E-state index in [1.807, 2.05) is 60.7 Å². The standard InChI is InChI=1S/C49H36N2O2/c50-37-17-11-19-39(31-37)52-47-27-25-35(29-43(47)33-13-3-1-4-14-33)49(45-23-9-7-21-41(45)42-22-8-10-24-46(42)49)36-26-28-48(53-40-20-12-18-38(51)32-40)44(30-36)34-15-5-2-6-16-34/h1-32H,50-51H2. The molecule has 0 unspecified atom stereocenters. The van der Waals surface area contributed by atoms with Crippen LogP contribution in [0.15, 0.2) is 194 Å². The van der Waals surface area contributed by atoms with Gasteiger partial charge in [-0.25, -0.2) is 0 Å². The maximum absolute atomic E-state index is 6.59.